The van der Waals surface area contributed by atoms with Crippen LogP contribution in [0.4, 0.5) is 0 Å². The van der Waals surface area contributed by atoms with E-state index in [-0.39, 0.29) is 0 Å². The average Bonchev–Trinajstić information content (AvgIpc) is 2.24. The van der Waals surface area contributed by atoms with Gasteiger partial charge in [-0.25, -0.2) is 0 Å². The predicted octanol–water partition coefficient (Wildman–Crippen LogP) is 2.31. The van der Waals surface area contributed by atoms with Gasteiger partial charge < -0.3 is 14.8 Å². The van der Waals surface area contributed by atoms with Crippen LogP contribution < -0.4 is 5.32 Å². The molecule has 0 amide bonds. The van der Waals surface area contributed by atoms with Crippen molar-refractivity contribution in [3.05, 3.63) is 0 Å². The normalized spacial score (nSPS) is 36.2. The van der Waals surface area contributed by atoms with E-state index in [2.05, 4.69) is 12.2 Å². The fourth-order valence-electron chi connectivity index (χ4n) is 2.66. The minimum absolute atomic E-state index is 0.374. The van der Waals surface area contributed by atoms with Crippen molar-refractivity contribution in [1.29, 1.82) is 0 Å². The van der Waals surface area contributed by atoms with E-state index in [1.54, 1.807) is 0 Å². The second-order valence-corrected chi connectivity index (χ2v) is 5.75. The van der Waals surface area contributed by atoms with E-state index < -0.39 is 5.79 Å². The zero-order valence-corrected chi connectivity index (χ0v) is 10.8. The summed E-state index contributed by atoms with van der Waals surface area (Å²) in [7, 11) is 0. The molecule has 2 aliphatic rings. The second kappa shape index (κ2) is 5.03. The largest absolute Gasteiger partial charge is 0.349 e. The molecule has 1 heterocycles. The molecule has 0 aromatic rings. The van der Waals surface area contributed by atoms with Gasteiger partial charge in [-0.15, -0.1) is 0 Å². The average molecular weight is 227 g/mol. The van der Waals surface area contributed by atoms with E-state index in [0.29, 0.717) is 12.1 Å². The van der Waals surface area contributed by atoms with Crippen LogP contribution in [0, 0.1) is 5.92 Å². The Kier molecular flexibility index (Phi) is 3.88. The van der Waals surface area contributed by atoms with Crippen molar-refractivity contribution in [2.75, 3.05) is 13.2 Å². The van der Waals surface area contributed by atoms with Crippen LogP contribution in [-0.2, 0) is 9.47 Å². The molecule has 16 heavy (non-hydrogen) atoms. The monoisotopic (exact) mass is 227 g/mol. The highest BCUT2D eigenvalue weighted by Gasteiger charge is 2.31. The first-order valence-corrected chi connectivity index (χ1v) is 6.61. The van der Waals surface area contributed by atoms with Crippen molar-refractivity contribution < 1.29 is 9.47 Å². The molecule has 1 saturated carbocycles. The number of ether oxygens (including phenoxy) is 2. The van der Waals surface area contributed by atoms with E-state index >= 15 is 0 Å². The minimum Gasteiger partial charge on any atom is -0.349 e. The molecule has 2 fully saturated rings. The van der Waals surface area contributed by atoms with Crippen molar-refractivity contribution >= 4 is 0 Å². The second-order valence-electron chi connectivity index (χ2n) is 5.75. The van der Waals surface area contributed by atoms with E-state index in [4.69, 9.17) is 9.47 Å². The van der Waals surface area contributed by atoms with Crippen LogP contribution in [0.15, 0.2) is 0 Å². The van der Waals surface area contributed by atoms with E-state index in [9.17, 15) is 0 Å². The molecular weight excluding hydrogens is 202 g/mol. The van der Waals surface area contributed by atoms with Gasteiger partial charge >= 0.3 is 0 Å². The molecule has 0 aromatic carbocycles. The molecule has 3 heteroatoms. The first-order valence-electron chi connectivity index (χ1n) is 6.61. The van der Waals surface area contributed by atoms with Crippen molar-refractivity contribution in [1.82, 2.24) is 5.32 Å². The highest BCUT2D eigenvalue weighted by atomic mass is 16.7. The molecule has 0 aromatic heterocycles. The number of rotatable bonds is 2. The van der Waals surface area contributed by atoms with Gasteiger partial charge in [-0.05, 0) is 32.6 Å². The molecule has 1 saturated heterocycles. The van der Waals surface area contributed by atoms with Crippen molar-refractivity contribution in [3.63, 3.8) is 0 Å². The summed E-state index contributed by atoms with van der Waals surface area (Å²) < 4.78 is 11.3. The highest BCUT2D eigenvalue weighted by molar-refractivity contribution is 4.83. The Morgan fingerprint density at radius 2 is 1.69 bits per heavy atom. The Balaban J connectivity index is 1.77. The van der Waals surface area contributed by atoms with Crippen LogP contribution in [0.25, 0.3) is 0 Å². The van der Waals surface area contributed by atoms with Gasteiger partial charge in [-0.2, -0.15) is 0 Å². The lowest BCUT2D eigenvalue weighted by Gasteiger charge is -2.39. The maximum absolute atomic E-state index is 5.67. The zero-order valence-electron chi connectivity index (χ0n) is 10.8. The molecule has 94 valence electrons. The maximum Gasteiger partial charge on any atom is 0.162 e. The van der Waals surface area contributed by atoms with Gasteiger partial charge in [0.1, 0.15) is 0 Å². The van der Waals surface area contributed by atoms with Crippen molar-refractivity contribution in [3.8, 4) is 0 Å². The molecule has 2 unspecified atom stereocenters. The summed E-state index contributed by atoms with van der Waals surface area (Å²) in [6.45, 7) is 7.86. The first-order chi connectivity index (χ1) is 7.57. The Morgan fingerprint density at radius 1 is 1.06 bits per heavy atom. The van der Waals surface area contributed by atoms with E-state index in [1.807, 2.05) is 13.8 Å². The fraction of sp³-hybridized carbons (Fsp3) is 1.00. The van der Waals surface area contributed by atoms with Gasteiger partial charge in [0.2, 0.25) is 0 Å². The fourth-order valence-corrected chi connectivity index (χ4v) is 2.66. The molecule has 0 bridgehead atoms. The molecule has 2 rings (SSSR count). The number of hydrogen-bond donors (Lipinski definition) is 1. The maximum atomic E-state index is 5.67. The summed E-state index contributed by atoms with van der Waals surface area (Å²) >= 11 is 0. The Labute approximate surface area is 98.9 Å². The summed E-state index contributed by atoms with van der Waals surface area (Å²) in [5.74, 6) is 0.403. The minimum atomic E-state index is -0.392. The number of hydrogen-bond acceptors (Lipinski definition) is 3. The van der Waals surface area contributed by atoms with Gasteiger partial charge in [-0.1, -0.05) is 19.8 Å². The van der Waals surface area contributed by atoms with Gasteiger partial charge in [0, 0.05) is 6.04 Å². The van der Waals surface area contributed by atoms with Crippen LogP contribution in [0.2, 0.25) is 0 Å². The van der Waals surface area contributed by atoms with Crippen LogP contribution in [0.1, 0.15) is 46.5 Å². The van der Waals surface area contributed by atoms with E-state index in [1.165, 1.54) is 25.7 Å². The van der Waals surface area contributed by atoms with E-state index in [0.717, 1.165) is 19.1 Å². The molecular formula is C13H25NO2. The zero-order chi connectivity index (χ0) is 11.6. The van der Waals surface area contributed by atoms with Crippen LogP contribution in [0.5, 0.6) is 0 Å². The third-order valence-corrected chi connectivity index (χ3v) is 3.83. The molecule has 1 aliphatic carbocycles. The highest BCUT2D eigenvalue weighted by Crippen LogP contribution is 2.25. The third-order valence-electron chi connectivity index (χ3n) is 3.83. The van der Waals surface area contributed by atoms with Gasteiger partial charge in [0.15, 0.2) is 5.79 Å². The molecule has 1 N–H and O–H groups in total. The Bertz CT molecular complexity index is 220. The topological polar surface area (TPSA) is 30.5 Å². The first kappa shape index (κ1) is 12.3. The summed E-state index contributed by atoms with van der Waals surface area (Å²) in [5, 5.41) is 3.70. The summed E-state index contributed by atoms with van der Waals surface area (Å²) in [6.07, 6.45) is 5.42. The lowest BCUT2D eigenvalue weighted by atomic mass is 9.85. The van der Waals surface area contributed by atoms with Crippen molar-refractivity contribution in [2.45, 2.75) is 64.3 Å². The smallest absolute Gasteiger partial charge is 0.162 e. The Morgan fingerprint density at radius 3 is 2.31 bits per heavy atom. The number of nitrogens with one attached hydrogen (secondary N) is 1. The SMILES string of the molecule is CC1CCCCC1NC1COC(C)(C)OC1. The summed E-state index contributed by atoms with van der Waals surface area (Å²) in [6, 6.07) is 1.03. The van der Waals surface area contributed by atoms with Crippen LogP contribution in [0.3, 0.4) is 0 Å². The lowest BCUT2D eigenvalue weighted by molar-refractivity contribution is -0.253. The van der Waals surface area contributed by atoms with Gasteiger partial charge in [0.05, 0.1) is 19.3 Å². The Hall–Kier alpha value is -0.120. The predicted molar refractivity (Wildman–Crippen MR) is 64.3 cm³/mol. The lowest BCUT2D eigenvalue weighted by Crippen LogP contribution is -2.53. The van der Waals surface area contributed by atoms with Crippen molar-refractivity contribution in [2.24, 2.45) is 5.92 Å². The summed E-state index contributed by atoms with van der Waals surface area (Å²) in [4.78, 5) is 0. The van der Waals surface area contributed by atoms with Gasteiger partial charge in [0.25, 0.3) is 0 Å². The van der Waals surface area contributed by atoms with Crippen LogP contribution >= 0.6 is 0 Å². The molecule has 3 nitrogen and oxygen atoms in total. The standard InChI is InChI=1S/C13H25NO2/c1-10-6-4-5-7-12(10)14-11-8-15-13(2,3)16-9-11/h10-12,14H,4-9H2,1-3H3. The quantitative estimate of drug-likeness (QED) is 0.785. The van der Waals surface area contributed by atoms with Crippen LogP contribution in [-0.4, -0.2) is 31.1 Å². The summed E-state index contributed by atoms with van der Waals surface area (Å²) in [5.41, 5.74) is 0. The third kappa shape index (κ3) is 3.19. The molecule has 0 radical (unpaired) electrons. The van der Waals surface area contributed by atoms with Gasteiger partial charge in [-0.3, -0.25) is 0 Å². The molecule has 2 atom stereocenters. The molecule has 0 spiro atoms. The molecule has 1 aliphatic heterocycles.